The van der Waals surface area contributed by atoms with E-state index in [1.807, 2.05) is 6.07 Å². The Morgan fingerprint density at radius 3 is 2.68 bits per heavy atom. The molecule has 1 nitrogen and oxygen atoms in total. The number of benzene rings is 1. The Morgan fingerprint density at radius 2 is 2.05 bits per heavy atom. The first kappa shape index (κ1) is 16.3. The van der Waals surface area contributed by atoms with Crippen molar-refractivity contribution in [2.24, 2.45) is 11.3 Å². The largest absolute Gasteiger partial charge is 0.374 e. The molecule has 1 aliphatic carbocycles. The van der Waals surface area contributed by atoms with Crippen molar-refractivity contribution < 1.29 is 4.39 Å². The summed E-state index contributed by atoms with van der Waals surface area (Å²) in [7, 11) is 2.07. The van der Waals surface area contributed by atoms with Crippen LogP contribution in [-0.2, 0) is 0 Å². The van der Waals surface area contributed by atoms with E-state index in [1.54, 1.807) is 12.1 Å². The van der Waals surface area contributed by atoms with Gasteiger partial charge in [-0.2, -0.15) is 0 Å². The average molecular weight is 286 g/mol. The van der Waals surface area contributed by atoms with E-state index < -0.39 is 0 Å². The average Bonchev–Trinajstić information content (AvgIpc) is 2.31. The molecule has 0 N–H and O–H groups in total. The zero-order valence-electron chi connectivity index (χ0n) is 12.2. The normalized spacial score (nSPS) is 21.6. The van der Waals surface area contributed by atoms with Crippen molar-refractivity contribution >= 4 is 18.1 Å². The highest BCUT2D eigenvalue weighted by Gasteiger charge is 2.32. The number of anilines is 1. The van der Waals surface area contributed by atoms with Crippen molar-refractivity contribution in [3.05, 3.63) is 30.1 Å². The first-order chi connectivity index (χ1) is 8.49. The van der Waals surface area contributed by atoms with Crippen molar-refractivity contribution in [3.63, 3.8) is 0 Å². The van der Waals surface area contributed by atoms with Crippen molar-refractivity contribution in [2.75, 3.05) is 18.5 Å². The highest BCUT2D eigenvalue weighted by Crippen LogP contribution is 2.41. The van der Waals surface area contributed by atoms with Crippen LogP contribution < -0.4 is 4.90 Å². The SMILES string of the molecule is CN(CC1CCCCC1(C)C)c1cccc(F)c1.Cl. The van der Waals surface area contributed by atoms with Gasteiger partial charge in [0.15, 0.2) is 0 Å². The van der Waals surface area contributed by atoms with Crippen LogP contribution in [0.4, 0.5) is 10.1 Å². The molecule has 0 aromatic heterocycles. The molecule has 0 bridgehead atoms. The van der Waals surface area contributed by atoms with Crippen LogP contribution in [0.25, 0.3) is 0 Å². The lowest BCUT2D eigenvalue weighted by Crippen LogP contribution is -2.37. The second-order valence-corrected chi connectivity index (χ2v) is 6.29. The van der Waals surface area contributed by atoms with E-state index in [0.717, 1.165) is 12.2 Å². The summed E-state index contributed by atoms with van der Waals surface area (Å²) in [6.07, 6.45) is 5.31. The molecule has 0 spiro atoms. The van der Waals surface area contributed by atoms with Crippen LogP contribution in [0.2, 0.25) is 0 Å². The van der Waals surface area contributed by atoms with Gasteiger partial charge < -0.3 is 4.90 Å². The standard InChI is InChI=1S/C16H24FN.ClH/c1-16(2)10-5-4-7-13(16)12-18(3)15-9-6-8-14(17)11-15;/h6,8-9,11,13H,4-5,7,10,12H2,1-3H3;1H. The number of halogens is 2. The molecule has 1 fully saturated rings. The van der Waals surface area contributed by atoms with Crippen molar-refractivity contribution in [2.45, 2.75) is 39.5 Å². The van der Waals surface area contributed by atoms with E-state index in [-0.39, 0.29) is 18.2 Å². The molecule has 1 aliphatic rings. The van der Waals surface area contributed by atoms with Crippen LogP contribution in [0.5, 0.6) is 0 Å². The van der Waals surface area contributed by atoms with Crippen molar-refractivity contribution in [1.29, 1.82) is 0 Å². The van der Waals surface area contributed by atoms with Crippen molar-refractivity contribution in [1.82, 2.24) is 0 Å². The highest BCUT2D eigenvalue weighted by molar-refractivity contribution is 5.85. The minimum absolute atomic E-state index is 0. The van der Waals surface area contributed by atoms with Gasteiger partial charge in [0.05, 0.1) is 0 Å². The quantitative estimate of drug-likeness (QED) is 0.763. The van der Waals surface area contributed by atoms with Crippen LogP contribution in [0.1, 0.15) is 39.5 Å². The van der Waals surface area contributed by atoms with E-state index in [1.165, 1.54) is 31.7 Å². The number of hydrogen-bond donors (Lipinski definition) is 0. The van der Waals surface area contributed by atoms with Crippen LogP contribution in [0, 0.1) is 17.2 Å². The van der Waals surface area contributed by atoms with Crippen LogP contribution >= 0.6 is 12.4 Å². The third-order valence-corrected chi connectivity index (χ3v) is 4.47. The Kier molecular flexibility index (Phi) is 5.66. The molecule has 19 heavy (non-hydrogen) atoms. The lowest BCUT2D eigenvalue weighted by atomic mass is 9.68. The lowest BCUT2D eigenvalue weighted by Gasteiger charge is -2.41. The van der Waals surface area contributed by atoms with Crippen molar-refractivity contribution in [3.8, 4) is 0 Å². The molecule has 0 heterocycles. The Balaban J connectivity index is 0.00000180. The van der Waals surface area contributed by atoms with Gasteiger partial charge in [-0.25, -0.2) is 4.39 Å². The number of rotatable bonds is 3. The van der Waals surface area contributed by atoms with E-state index >= 15 is 0 Å². The molecule has 0 radical (unpaired) electrons. The van der Waals surface area contributed by atoms with E-state index in [9.17, 15) is 4.39 Å². The first-order valence-electron chi connectivity index (χ1n) is 6.96. The highest BCUT2D eigenvalue weighted by atomic mass is 35.5. The summed E-state index contributed by atoms with van der Waals surface area (Å²) < 4.78 is 13.2. The zero-order valence-corrected chi connectivity index (χ0v) is 13.0. The van der Waals surface area contributed by atoms with Gasteiger partial charge in [0.1, 0.15) is 5.82 Å². The first-order valence-corrected chi connectivity index (χ1v) is 6.96. The predicted octanol–water partition coefficient (Wildman–Crippen LogP) is 4.90. The molecule has 0 amide bonds. The fourth-order valence-corrected chi connectivity index (χ4v) is 3.05. The Morgan fingerprint density at radius 1 is 1.32 bits per heavy atom. The topological polar surface area (TPSA) is 3.24 Å². The maximum absolute atomic E-state index is 13.2. The molecule has 1 saturated carbocycles. The predicted molar refractivity (Wildman–Crippen MR) is 82.7 cm³/mol. The van der Waals surface area contributed by atoms with Gasteiger partial charge in [-0.3, -0.25) is 0 Å². The van der Waals surface area contributed by atoms with Crippen LogP contribution in [-0.4, -0.2) is 13.6 Å². The summed E-state index contributed by atoms with van der Waals surface area (Å²) in [4.78, 5) is 2.20. The molecule has 1 atom stereocenters. The van der Waals surface area contributed by atoms with Crippen LogP contribution in [0.15, 0.2) is 24.3 Å². The number of nitrogens with zero attached hydrogens (tertiary/aromatic N) is 1. The van der Waals surface area contributed by atoms with E-state index in [2.05, 4.69) is 25.8 Å². The van der Waals surface area contributed by atoms with Gasteiger partial charge in [-0.05, 0) is 42.4 Å². The monoisotopic (exact) mass is 285 g/mol. The fraction of sp³-hybridized carbons (Fsp3) is 0.625. The van der Waals surface area contributed by atoms with E-state index in [4.69, 9.17) is 0 Å². The molecule has 2 rings (SSSR count). The molecule has 1 aromatic rings. The summed E-state index contributed by atoms with van der Waals surface area (Å²) in [5.41, 5.74) is 1.40. The molecule has 0 saturated heterocycles. The summed E-state index contributed by atoms with van der Waals surface area (Å²) in [5.74, 6) is 0.557. The van der Waals surface area contributed by atoms with Crippen LogP contribution in [0.3, 0.4) is 0 Å². The summed E-state index contributed by atoms with van der Waals surface area (Å²) >= 11 is 0. The van der Waals surface area contributed by atoms with Gasteiger partial charge in [-0.1, -0.05) is 32.8 Å². The lowest BCUT2D eigenvalue weighted by molar-refractivity contribution is 0.143. The number of hydrogen-bond acceptors (Lipinski definition) is 1. The molecule has 1 aromatic carbocycles. The maximum Gasteiger partial charge on any atom is 0.125 e. The minimum Gasteiger partial charge on any atom is -0.374 e. The summed E-state index contributed by atoms with van der Waals surface area (Å²) in [6.45, 7) is 5.77. The maximum atomic E-state index is 13.2. The molecule has 0 aliphatic heterocycles. The molecule has 108 valence electrons. The second-order valence-electron chi connectivity index (χ2n) is 6.29. The molecular formula is C16H25ClFN. The van der Waals surface area contributed by atoms with Gasteiger partial charge in [0.2, 0.25) is 0 Å². The Labute approximate surface area is 122 Å². The van der Waals surface area contributed by atoms with Gasteiger partial charge >= 0.3 is 0 Å². The fourth-order valence-electron chi connectivity index (χ4n) is 3.05. The summed E-state index contributed by atoms with van der Waals surface area (Å²) in [5, 5.41) is 0. The third-order valence-electron chi connectivity index (χ3n) is 4.47. The van der Waals surface area contributed by atoms with Gasteiger partial charge in [0.25, 0.3) is 0 Å². The molecular weight excluding hydrogens is 261 g/mol. The molecule has 1 unspecified atom stereocenters. The van der Waals surface area contributed by atoms with Gasteiger partial charge in [0, 0.05) is 19.3 Å². The smallest absolute Gasteiger partial charge is 0.125 e. The Hall–Kier alpha value is -0.760. The zero-order chi connectivity index (χ0) is 13.2. The third kappa shape index (κ3) is 4.10. The molecule has 3 heteroatoms. The van der Waals surface area contributed by atoms with Gasteiger partial charge in [-0.15, -0.1) is 12.4 Å². The summed E-state index contributed by atoms with van der Waals surface area (Å²) in [6, 6.07) is 6.89. The van der Waals surface area contributed by atoms with E-state index in [0.29, 0.717) is 11.3 Å². The second kappa shape index (κ2) is 6.60. The minimum atomic E-state index is -0.151. The Bertz CT molecular complexity index is 405.